The van der Waals surface area contributed by atoms with E-state index in [1.54, 1.807) is 38.1 Å². The monoisotopic (exact) mass is 325 g/mol. The molecule has 3 nitrogen and oxygen atoms in total. The first-order valence-corrected chi connectivity index (χ1v) is 6.78. The van der Waals surface area contributed by atoms with Gasteiger partial charge >= 0.3 is 0 Å². The van der Waals surface area contributed by atoms with Crippen LogP contribution in [0.15, 0.2) is 35.9 Å². The molecule has 0 fully saturated rings. The average molecular weight is 326 g/mol. The van der Waals surface area contributed by atoms with Crippen molar-refractivity contribution < 1.29 is 14.0 Å². The van der Waals surface area contributed by atoms with Crippen molar-refractivity contribution in [3.05, 3.63) is 47.0 Å². The molecule has 2 amide bonds. The van der Waals surface area contributed by atoms with Gasteiger partial charge in [0.2, 0.25) is 0 Å². The number of carbonyl (C=O) groups is 2. The smallest absolute Gasteiger partial charge is 0.262 e. The first kappa shape index (κ1) is 13.9. The number of rotatable bonds is 3. The highest BCUT2D eigenvalue weighted by Gasteiger charge is 2.38. The van der Waals surface area contributed by atoms with Gasteiger partial charge in [0, 0.05) is 0 Å². The third kappa shape index (κ3) is 2.47. The lowest BCUT2D eigenvalue weighted by molar-refractivity contribution is 0.0618. The van der Waals surface area contributed by atoms with Crippen LogP contribution in [-0.4, -0.2) is 27.8 Å². The summed E-state index contributed by atoms with van der Waals surface area (Å²) in [6.07, 6.45) is 1.34. The van der Waals surface area contributed by atoms with E-state index in [0.717, 1.165) is 0 Å². The first-order valence-electron chi connectivity index (χ1n) is 5.87. The second-order valence-electron chi connectivity index (χ2n) is 4.45. The summed E-state index contributed by atoms with van der Waals surface area (Å²) in [5.74, 6) is -0.656. The number of nitrogens with zero attached hydrogens (tertiary/aromatic N) is 1. The Balaban J connectivity index is 2.34. The zero-order chi connectivity index (χ0) is 14.2. The van der Waals surface area contributed by atoms with Crippen LogP contribution in [0.25, 0.3) is 0 Å². The normalized spacial score (nSPS) is 18.5. The first-order chi connectivity index (χ1) is 8.93. The van der Waals surface area contributed by atoms with Crippen LogP contribution in [0.1, 0.15) is 34.6 Å². The fourth-order valence-corrected chi connectivity index (χ4v) is 2.52. The summed E-state index contributed by atoms with van der Waals surface area (Å²) >= 11 is 2.78. The summed E-state index contributed by atoms with van der Waals surface area (Å²) in [5.41, 5.74) is 1.43. The Bertz CT molecular complexity index is 533. The lowest BCUT2D eigenvalue weighted by Crippen LogP contribution is -2.38. The molecule has 0 aliphatic carbocycles. The highest BCUT2D eigenvalue weighted by molar-refractivity contribution is 9.09. The molecule has 2 unspecified atom stereocenters. The Morgan fingerprint density at radius 3 is 2.16 bits per heavy atom. The van der Waals surface area contributed by atoms with Gasteiger partial charge in [-0.3, -0.25) is 14.5 Å². The molecular formula is C14H13BrFNO2. The van der Waals surface area contributed by atoms with E-state index in [1.165, 1.54) is 11.0 Å². The lowest BCUT2D eigenvalue weighted by atomic mass is 10.1. The van der Waals surface area contributed by atoms with E-state index in [1.807, 2.05) is 0 Å². The quantitative estimate of drug-likeness (QED) is 0.485. The van der Waals surface area contributed by atoms with Gasteiger partial charge in [0.1, 0.15) is 0 Å². The molecule has 100 valence electrons. The summed E-state index contributed by atoms with van der Waals surface area (Å²) in [7, 11) is 0. The Hall–Kier alpha value is -1.49. The van der Waals surface area contributed by atoms with Crippen LogP contribution in [0.4, 0.5) is 4.39 Å². The number of imide groups is 1. The maximum atomic E-state index is 12.9. The van der Waals surface area contributed by atoms with Crippen LogP contribution in [-0.2, 0) is 0 Å². The topological polar surface area (TPSA) is 37.4 Å². The molecule has 1 aromatic rings. The number of benzene rings is 1. The zero-order valence-electron chi connectivity index (χ0n) is 10.6. The zero-order valence-corrected chi connectivity index (χ0v) is 12.1. The Morgan fingerprint density at radius 2 is 1.74 bits per heavy atom. The molecule has 19 heavy (non-hydrogen) atoms. The van der Waals surface area contributed by atoms with Crippen LogP contribution < -0.4 is 0 Å². The summed E-state index contributed by atoms with van der Waals surface area (Å²) in [6.45, 7) is 3.41. The Labute approximate surface area is 119 Å². The SMILES string of the molecule is C/C(=C\C(F)Br)C(C)N1C(=O)c2ccccc2C1=O. The molecule has 0 saturated carbocycles. The van der Waals surface area contributed by atoms with Gasteiger partial charge in [-0.05, 0) is 48.0 Å². The average Bonchev–Trinajstić information content (AvgIpc) is 2.61. The van der Waals surface area contributed by atoms with Crippen molar-refractivity contribution in [1.82, 2.24) is 4.90 Å². The molecule has 0 saturated heterocycles. The van der Waals surface area contributed by atoms with Crippen molar-refractivity contribution in [3.8, 4) is 0 Å². The van der Waals surface area contributed by atoms with Crippen molar-refractivity contribution in [1.29, 1.82) is 0 Å². The highest BCUT2D eigenvalue weighted by Crippen LogP contribution is 2.27. The molecular weight excluding hydrogens is 313 g/mol. The van der Waals surface area contributed by atoms with Gasteiger partial charge in [0.25, 0.3) is 11.8 Å². The molecule has 0 radical (unpaired) electrons. The number of hydrogen-bond donors (Lipinski definition) is 0. The minimum absolute atomic E-state index is 0.328. The molecule has 5 heteroatoms. The van der Waals surface area contributed by atoms with Crippen LogP contribution >= 0.6 is 15.9 Å². The summed E-state index contributed by atoms with van der Waals surface area (Å²) in [5, 5.41) is -1.29. The van der Waals surface area contributed by atoms with Gasteiger partial charge in [0.15, 0.2) is 5.08 Å². The fourth-order valence-electron chi connectivity index (χ4n) is 2.10. The molecule has 2 atom stereocenters. The molecule has 0 aromatic heterocycles. The second-order valence-corrected chi connectivity index (χ2v) is 5.32. The summed E-state index contributed by atoms with van der Waals surface area (Å²) in [6, 6.07) is 6.23. The van der Waals surface area contributed by atoms with E-state index < -0.39 is 11.1 Å². The van der Waals surface area contributed by atoms with Crippen LogP contribution in [0.3, 0.4) is 0 Å². The summed E-state index contributed by atoms with van der Waals surface area (Å²) < 4.78 is 12.9. The van der Waals surface area contributed by atoms with E-state index in [2.05, 4.69) is 15.9 Å². The molecule has 1 aliphatic rings. The van der Waals surface area contributed by atoms with Gasteiger partial charge in [-0.15, -0.1) is 0 Å². The van der Waals surface area contributed by atoms with Crippen LogP contribution in [0, 0.1) is 0 Å². The maximum absolute atomic E-state index is 12.9. The highest BCUT2D eigenvalue weighted by atomic mass is 79.9. The van der Waals surface area contributed by atoms with Crippen LogP contribution in [0.5, 0.6) is 0 Å². The Kier molecular flexibility index (Phi) is 3.85. The predicted octanol–water partition coefficient (Wildman–Crippen LogP) is 3.31. The molecule has 1 aromatic carbocycles. The number of alkyl halides is 2. The number of fused-ring (bicyclic) bond motifs is 1. The van der Waals surface area contributed by atoms with E-state index in [4.69, 9.17) is 0 Å². The van der Waals surface area contributed by atoms with E-state index in [0.29, 0.717) is 16.7 Å². The van der Waals surface area contributed by atoms with Gasteiger partial charge < -0.3 is 0 Å². The van der Waals surface area contributed by atoms with Gasteiger partial charge in [0.05, 0.1) is 17.2 Å². The molecule has 1 aliphatic heterocycles. The van der Waals surface area contributed by atoms with Crippen molar-refractivity contribution in [2.24, 2.45) is 0 Å². The number of hydrogen-bond acceptors (Lipinski definition) is 2. The lowest BCUT2D eigenvalue weighted by Gasteiger charge is -2.23. The molecule has 1 heterocycles. The van der Waals surface area contributed by atoms with E-state index in [9.17, 15) is 14.0 Å². The maximum Gasteiger partial charge on any atom is 0.262 e. The van der Waals surface area contributed by atoms with Crippen molar-refractivity contribution in [2.75, 3.05) is 0 Å². The minimum atomic E-state index is -1.29. The predicted molar refractivity (Wildman–Crippen MR) is 74.0 cm³/mol. The van der Waals surface area contributed by atoms with Crippen molar-refractivity contribution >= 4 is 27.7 Å². The molecule has 2 rings (SSSR count). The third-order valence-electron chi connectivity index (χ3n) is 3.26. The molecule has 0 N–H and O–H groups in total. The standard InChI is InChI=1S/C14H13BrFNO2/c1-8(7-12(15)16)9(2)17-13(18)10-5-3-4-6-11(10)14(17)19/h3-7,9,12H,1-2H3/b8-7+. The number of amides is 2. The molecule has 0 bridgehead atoms. The van der Waals surface area contributed by atoms with E-state index >= 15 is 0 Å². The number of allylic oxidation sites excluding steroid dienone is 1. The van der Waals surface area contributed by atoms with Crippen molar-refractivity contribution in [3.63, 3.8) is 0 Å². The third-order valence-corrected chi connectivity index (χ3v) is 3.52. The fraction of sp³-hybridized carbons (Fsp3) is 0.286. The summed E-state index contributed by atoms with van der Waals surface area (Å²) in [4.78, 5) is 25.6. The van der Waals surface area contributed by atoms with Gasteiger partial charge in [-0.1, -0.05) is 17.7 Å². The van der Waals surface area contributed by atoms with Gasteiger partial charge in [-0.25, -0.2) is 4.39 Å². The van der Waals surface area contributed by atoms with Crippen molar-refractivity contribution in [2.45, 2.75) is 25.0 Å². The minimum Gasteiger partial charge on any atom is -0.269 e. The second kappa shape index (κ2) is 5.25. The Morgan fingerprint density at radius 1 is 1.26 bits per heavy atom. The van der Waals surface area contributed by atoms with E-state index in [-0.39, 0.29) is 11.8 Å². The number of halogens is 2. The largest absolute Gasteiger partial charge is 0.269 e. The molecule has 0 spiro atoms. The van der Waals surface area contributed by atoms with Gasteiger partial charge in [-0.2, -0.15) is 0 Å². The van der Waals surface area contributed by atoms with Crippen LogP contribution in [0.2, 0.25) is 0 Å². The number of carbonyl (C=O) groups excluding carboxylic acids is 2.